The van der Waals surface area contributed by atoms with Crippen LogP contribution in [0.3, 0.4) is 0 Å². The fraction of sp³-hybridized carbons (Fsp3) is 0.400. The van der Waals surface area contributed by atoms with Gasteiger partial charge in [-0.25, -0.2) is 9.97 Å². The van der Waals surface area contributed by atoms with E-state index in [1.807, 2.05) is 6.07 Å². The van der Waals surface area contributed by atoms with Crippen LogP contribution in [0.15, 0.2) is 12.1 Å². The Bertz CT molecular complexity index is 510. The first kappa shape index (κ1) is 10.3. The second kappa shape index (κ2) is 4.16. The summed E-state index contributed by atoms with van der Waals surface area (Å²) in [5.41, 5.74) is 0.913. The molecule has 1 aliphatic heterocycles. The zero-order valence-corrected chi connectivity index (χ0v) is 10.1. The molecule has 16 heavy (non-hydrogen) atoms. The van der Waals surface area contributed by atoms with Crippen molar-refractivity contribution in [2.75, 3.05) is 31.2 Å². The molecule has 3 rings (SSSR count). The summed E-state index contributed by atoms with van der Waals surface area (Å²) in [7, 11) is 0. The summed E-state index contributed by atoms with van der Waals surface area (Å²) in [6.07, 6.45) is 0. The van der Waals surface area contributed by atoms with Crippen LogP contribution in [0.4, 0.5) is 5.13 Å². The molecule has 0 radical (unpaired) electrons. The first-order valence-electron chi connectivity index (χ1n) is 5.09. The van der Waals surface area contributed by atoms with Crippen LogP contribution in [0.5, 0.6) is 0 Å². The van der Waals surface area contributed by atoms with Crippen molar-refractivity contribution in [1.82, 2.24) is 9.97 Å². The number of rotatable bonds is 1. The summed E-state index contributed by atoms with van der Waals surface area (Å²) in [5.74, 6) is 0. The van der Waals surface area contributed by atoms with Gasteiger partial charge in [0.15, 0.2) is 5.13 Å². The number of halogens is 1. The predicted molar refractivity (Wildman–Crippen MR) is 65.5 cm³/mol. The van der Waals surface area contributed by atoms with E-state index in [4.69, 9.17) is 16.3 Å². The molecule has 1 fully saturated rings. The maximum atomic E-state index is 5.85. The summed E-state index contributed by atoms with van der Waals surface area (Å²) >= 11 is 7.43. The standard InChI is InChI=1S/C10H10ClN3OS/c11-8-2-1-7-9(13-8)16-10(12-7)14-3-5-15-6-4-14/h1-2H,3-6H2. The lowest BCUT2D eigenvalue weighted by Crippen LogP contribution is -2.36. The van der Waals surface area contributed by atoms with Gasteiger partial charge in [-0.2, -0.15) is 0 Å². The molecular weight excluding hydrogens is 246 g/mol. The van der Waals surface area contributed by atoms with Crippen molar-refractivity contribution in [3.8, 4) is 0 Å². The highest BCUT2D eigenvalue weighted by Gasteiger charge is 2.15. The number of hydrogen-bond donors (Lipinski definition) is 0. The molecular formula is C10H10ClN3OS. The SMILES string of the molecule is Clc1ccc2nc(N3CCOCC3)sc2n1. The molecule has 0 atom stereocenters. The lowest BCUT2D eigenvalue weighted by Gasteiger charge is -2.25. The van der Waals surface area contributed by atoms with Gasteiger partial charge in [0, 0.05) is 13.1 Å². The van der Waals surface area contributed by atoms with Gasteiger partial charge in [0.1, 0.15) is 15.5 Å². The smallest absolute Gasteiger partial charge is 0.188 e. The quantitative estimate of drug-likeness (QED) is 0.732. The van der Waals surface area contributed by atoms with Gasteiger partial charge >= 0.3 is 0 Å². The molecule has 1 saturated heterocycles. The second-order valence-electron chi connectivity index (χ2n) is 3.55. The van der Waals surface area contributed by atoms with Crippen molar-refractivity contribution in [3.63, 3.8) is 0 Å². The van der Waals surface area contributed by atoms with E-state index in [0.29, 0.717) is 5.15 Å². The number of thiazole rings is 1. The molecule has 4 nitrogen and oxygen atoms in total. The van der Waals surface area contributed by atoms with Crippen LogP contribution in [0.2, 0.25) is 5.15 Å². The molecule has 0 unspecified atom stereocenters. The Hall–Kier alpha value is -0.910. The van der Waals surface area contributed by atoms with E-state index in [1.165, 1.54) is 0 Å². The molecule has 2 aromatic heterocycles. The van der Waals surface area contributed by atoms with Crippen molar-refractivity contribution in [1.29, 1.82) is 0 Å². The average molecular weight is 256 g/mol. The number of aromatic nitrogens is 2. The Labute approximate surface area is 102 Å². The Morgan fingerprint density at radius 1 is 1.25 bits per heavy atom. The van der Waals surface area contributed by atoms with E-state index in [-0.39, 0.29) is 0 Å². The van der Waals surface area contributed by atoms with Crippen LogP contribution in [0.1, 0.15) is 0 Å². The number of nitrogens with zero attached hydrogens (tertiary/aromatic N) is 3. The van der Waals surface area contributed by atoms with Gasteiger partial charge in [-0.15, -0.1) is 0 Å². The molecule has 3 heterocycles. The third-order valence-electron chi connectivity index (χ3n) is 2.49. The van der Waals surface area contributed by atoms with Crippen molar-refractivity contribution < 1.29 is 4.74 Å². The molecule has 0 amide bonds. The Balaban J connectivity index is 1.97. The highest BCUT2D eigenvalue weighted by molar-refractivity contribution is 7.21. The average Bonchev–Trinajstić information content (AvgIpc) is 2.73. The van der Waals surface area contributed by atoms with Gasteiger partial charge in [-0.1, -0.05) is 22.9 Å². The topological polar surface area (TPSA) is 38.2 Å². The van der Waals surface area contributed by atoms with Crippen LogP contribution in [-0.4, -0.2) is 36.3 Å². The van der Waals surface area contributed by atoms with E-state index in [2.05, 4.69) is 14.9 Å². The van der Waals surface area contributed by atoms with Gasteiger partial charge in [0.05, 0.1) is 13.2 Å². The van der Waals surface area contributed by atoms with E-state index in [0.717, 1.165) is 41.8 Å². The number of fused-ring (bicyclic) bond motifs is 1. The molecule has 2 aromatic rings. The van der Waals surface area contributed by atoms with Crippen molar-refractivity contribution >= 4 is 38.4 Å². The summed E-state index contributed by atoms with van der Waals surface area (Å²) in [6, 6.07) is 3.68. The highest BCUT2D eigenvalue weighted by atomic mass is 35.5. The maximum absolute atomic E-state index is 5.85. The molecule has 0 bridgehead atoms. The summed E-state index contributed by atoms with van der Waals surface area (Å²) in [5, 5.41) is 1.53. The first-order chi connectivity index (χ1) is 7.83. The van der Waals surface area contributed by atoms with Gasteiger partial charge in [0.25, 0.3) is 0 Å². The summed E-state index contributed by atoms with van der Waals surface area (Å²) < 4.78 is 5.31. The minimum Gasteiger partial charge on any atom is -0.378 e. The normalized spacial score (nSPS) is 16.9. The van der Waals surface area contributed by atoms with Gasteiger partial charge in [-0.3, -0.25) is 0 Å². The van der Waals surface area contributed by atoms with Crippen LogP contribution >= 0.6 is 22.9 Å². The number of pyridine rings is 1. The lowest BCUT2D eigenvalue weighted by atomic mass is 10.4. The van der Waals surface area contributed by atoms with Crippen LogP contribution in [-0.2, 0) is 4.74 Å². The minimum absolute atomic E-state index is 0.518. The van der Waals surface area contributed by atoms with Crippen LogP contribution < -0.4 is 4.90 Å². The number of morpholine rings is 1. The first-order valence-corrected chi connectivity index (χ1v) is 6.28. The summed E-state index contributed by atoms with van der Waals surface area (Å²) in [6.45, 7) is 3.33. The van der Waals surface area contributed by atoms with Gasteiger partial charge in [0.2, 0.25) is 0 Å². The number of anilines is 1. The van der Waals surface area contributed by atoms with Crippen LogP contribution in [0.25, 0.3) is 10.3 Å². The number of hydrogen-bond acceptors (Lipinski definition) is 5. The Morgan fingerprint density at radius 3 is 2.88 bits per heavy atom. The Kier molecular flexibility index (Phi) is 2.67. The van der Waals surface area contributed by atoms with Gasteiger partial charge < -0.3 is 9.64 Å². The van der Waals surface area contributed by atoms with E-state index in [1.54, 1.807) is 17.4 Å². The zero-order chi connectivity index (χ0) is 11.0. The molecule has 0 saturated carbocycles. The Morgan fingerprint density at radius 2 is 2.06 bits per heavy atom. The third-order valence-corrected chi connectivity index (χ3v) is 3.73. The molecule has 0 aliphatic carbocycles. The minimum atomic E-state index is 0.518. The lowest BCUT2D eigenvalue weighted by molar-refractivity contribution is 0.122. The van der Waals surface area contributed by atoms with E-state index >= 15 is 0 Å². The molecule has 1 aliphatic rings. The maximum Gasteiger partial charge on any atom is 0.188 e. The highest BCUT2D eigenvalue weighted by Crippen LogP contribution is 2.28. The third kappa shape index (κ3) is 1.86. The van der Waals surface area contributed by atoms with Crippen molar-refractivity contribution in [3.05, 3.63) is 17.3 Å². The molecule has 84 valence electrons. The molecule has 6 heteroatoms. The molecule has 0 aromatic carbocycles. The summed E-state index contributed by atoms with van der Waals surface area (Å²) in [4.78, 5) is 11.9. The van der Waals surface area contributed by atoms with Crippen molar-refractivity contribution in [2.45, 2.75) is 0 Å². The monoisotopic (exact) mass is 255 g/mol. The van der Waals surface area contributed by atoms with Crippen molar-refractivity contribution in [2.24, 2.45) is 0 Å². The largest absolute Gasteiger partial charge is 0.378 e. The number of ether oxygens (including phenoxy) is 1. The fourth-order valence-corrected chi connectivity index (χ4v) is 2.86. The van der Waals surface area contributed by atoms with E-state index < -0.39 is 0 Å². The molecule has 0 spiro atoms. The predicted octanol–water partition coefficient (Wildman–Crippen LogP) is 2.18. The van der Waals surface area contributed by atoms with Crippen LogP contribution in [0, 0.1) is 0 Å². The fourth-order valence-electron chi connectivity index (χ4n) is 1.67. The molecule has 0 N–H and O–H groups in total. The zero-order valence-electron chi connectivity index (χ0n) is 8.52. The van der Waals surface area contributed by atoms with E-state index in [9.17, 15) is 0 Å². The van der Waals surface area contributed by atoms with Gasteiger partial charge in [-0.05, 0) is 12.1 Å². The second-order valence-corrected chi connectivity index (χ2v) is 4.90.